The molecule has 7 heteroatoms. The minimum absolute atomic E-state index is 0.0111. The van der Waals surface area contributed by atoms with Gasteiger partial charge in [0, 0.05) is 29.7 Å². The van der Waals surface area contributed by atoms with Crippen LogP contribution in [-0.4, -0.2) is 52.3 Å². The van der Waals surface area contributed by atoms with Crippen molar-refractivity contribution in [1.82, 2.24) is 4.90 Å². The molecule has 2 aromatic carbocycles. The fourth-order valence-corrected chi connectivity index (χ4v) is 5.97. The Hall–Kier alpha value is -2.51. The molecular weight excluding hydrogens is 386 g/mol. The van der Waals surface area contributed by atoms with Crippen LogP contribution in [-0.2, 0) is 20.3 Å². The van der Waals surface area contributed by atoms with E-state index in [2.05, 4.69) is 0 Å². The number of hydrazone groups is 1. The number of morpholine rings is 1. The highest BCUT2D eigenvalue weighted by atomic mass is 32.2. The van der Waals surface area contributed by atoms with Crippen LogP contribution in [0.4, 0.5) is 5.69 Å². The van der Waals surface area contributed by atoms with Crippen LogP contribution < -0.4 is 5.01 Å². The molecule has 0 N–H and O–H groups in total. The molecule has 2 aromatic rings. The van der Waals surface area contributed by atoms with E-state index < -0.39 is 10.8 Å². The third kappa shape index (κ3) is 3.18. The number of para-hydroxylation sites is 1. The Bertz CT molecular complexity index is 994. The van der Waals surface area contributed by atoms with E-state index in [0.717, 1.165) is 16.1 Å². The van der Waals surface area contributed by atoms with Gasteiger partial charge in [-0.25, -0.2) is 0 Å². The fraction of sp³-hybridized carbons (Fsp3) is 0.364. The number of carbonyl (C=O) groups excluding carboxylic acids is 1. The van der Waals surface area contributed by atoms with Gasteiger partial charge >= 0.3 is 0 Å². The van der Waals surface area contributed by atoms with E-state index in [1.807, 2.05) is 71.4 Å². The first-order valence-corrected chi connectivity index (χ1v) is 11.3. The number of nitrogens with zero attached hydrogens (tertiary/aromatic N) is 3. The van der Waals surface area contributed by atoms with E-state index in [4.69, 9.17) is 9.84 Å². The second-order valence-electron chi connectivity index (χ2n) is 7.70. The Labute approximate surface area is 172 Å². The Kier molecular flexibility index (Phi) is 4.72. The maximum Gasteiger partial charge on any atom is 0.270 e. The van der Waals surface area contributed by atoms with Crippen molar-refractivity contribution in [2.75, 3.05) is 30.5 Å². The molecule has 0 bridgehead atoms. The van der Waals surface area contributed by atoms with Crippen LogP contribution in [0.2, 0.25) is 0 Å². The number of amides is 1. The summed E-state index contributed by atoms with van der Waals surface area (Å²) in [5, 5.41) is 6.76. The molecule has 0 aliphatic carbocycles. The van der Waals surface area contributed by atoms with Crippen LogP contribution >= 0.6 is 0 Å². The van der Waals surface area contributed by atoms with Crippen molar-refractivity contribution >= 4 is 28.1 Å². The Morgan fingerprint density at radius 2 is 1.90 bits per heavy atom. The molecule has 3 heterocycles. The van der Waals surface area contributed by atoms with Crippen molar-refractivity contribution in [3.8, 4) is 0 Å². The zero-order valence-corrected chi connectivity index (χ0v) is 17.0. The summed E-state index contributed by atoms with van der Waals surface area (Å²) in [7, 11) is -1.15. The van der Waals surface area contributed by atoms with E-state index in [9.17, 15) is 9.00 Å². The first-order valence-electron chi connectivity index (χ1n) is 9.94. The first kappa shape index (κ1) is 18.5. The number of ether oxygens (including phenoxy) is 1. The Morgan fingerprint density at radius 1 is 1.14 bits per heavy atom. The quantitative estimate of drug-likeness (QED) is 0.765. The number of anilines is 1. The van der Waals surface area contributed by atoms with Crippen molar-refractivity contribution in [3.05, 3.63) is 60.2 Å². The summed E-state index contributed by atoms with van der Waals surface area (Å²) < 4.78 is 18.5. The summed E-state index contributed by atoms with van der Waals surface area (Å²) in [4.78, 5) is 16.1. The van der Waals surface area contributed by atoms with Gasteiger partial charge in [-0.05, 0) is 30.7 Å². The van der Waals surface area contributed by atoms with Crippen LogP contribution in [0.1, 0.15) is 18.5 Å². The molecule has 3 aliphatic heterocycles. The highest BCUT2D eigenvalue weighted by molar-refractivity contribution is 7.85. The van der Waals surface area contributed by atoms with Crippen LogP contribution in [0.5, 0.6) is 0 Å². The highest BCUT2D eigenvalue weighted by Crippen LogP contribution is 2.45. The molecule has 1 saturated heterocycles. The lowest BCUT2D eigenvalue weighted by atomic mass is 9.90. The Balaban J connectivity index is 1.58. The summed E-state index contributed by atoms with van der Waals surface area (Å²) in [6.07, 6.45) is 0.0111. The number of hydrogen-bond donors (Lipinski definition) is 0. The topological polar surface area (TPSA) is 62.2 Å². The minimum atomic E-state index is -1.15. The van der Waals surface area contributed by atoms with Crippen LogP contribution in [0.15, 0.2) is 64.6 Å². The average Bonchev–Trinajstić information content (AvgIpc) is 3.13. The van der Waals surface area contributed by atoms with Gasteiger partial charge in [0.2, 0.25) is 0 Å². The monoisotopic (exact) mass is 409 g/mol. The second-order valence-corrected chi connectivity index (χ2v) is 9.16. The van der Waals surface area contributed by atoms with E-state index in [1.54, 1.807) is 0 Å². The van der Waals surface area contributed by atoms with E-state index in [-0.39, 0.29) is 24.0 Å². The second kappa shape index (κ2) is 7.39. The highest BCUT2D eigenvalue weighted by Gasteiger charge is 2.48. The van der Waals surface area contributed by atoms with Gasteiger partial charge in [0.05, 0.1) is 35.2 Å². The van der Waals surface area contributed by atoms with Crippen molar-refractivity contribution in [1.29, 1.82) is 0 Å². The SMILES string of the molecule is CC1CN(C(=O)C2=NN(c3ccccc3)C3c4ccccc4S(=O)CC23)CCO1. The van der Waals surface area contributed by atoms with Crippen LogP contribution in [0.25, 0.3) is 0 Å². The maximum absolute atomic E-state index is 13.4. The molecule has 4 unspecified atom stereocenters. The van der Waals surface area contributed by atoms with Gasteiger partial charge in [0.1, 0.15) is 5.71 Å². The molecule has 0 aromatic heterocycles. The minimum Gasteiger partial charge on any atom is -0.375 e. The summed E-state index contributed by atoms with van der Waals surface area (Å²) in [6, 6.07) is 17.6. The summed E-state index contributed by atoms with van der Waals surface area (Å²) in [5.41, 5.74) is 2.44. The molecule has 6 nitrogen and oxygen atoms in total. The number of rotatable bonds is 2. The van der Waals surface area contributed by atoms with Crippen molar-refractivity contribution in [2.45, 2.75) is 24.0 Å². The third-order valence-corrected chi connectivity index (χ3v) is 7.32. The lowest BCUT2D eigenvalue weighted by Gasteiger charge is -2.34. The van der Waals surface area contributed by atoms with Gasteiger partial charge in [-0.15, -0.1) is 0 Å². The standard InChI is InChI=1S/C22H23N3O3S/c1-15-13-24(11-12-28-15)22(26)20-18-14-29(27)19-10-6-5-9-17(19)21(18)25(23-20)16-7-3-2-4-8-16/h2-10,15,18,21H,11-14H2,1H3. The van der Waals surface area contributed by atoms with Crippen molar-refractivity contribution < 1.29 is 13.7 Å². The zero-order chi connectivity index (χ0) is 20.0. The maximum atomic E-state index is 13.4. The van der Waals surface area contributed by atoms with Gasteiger partial charge < -0.3 is 9.64 Å². The van der Waals surface area contributed by atoms with Crippen molar-refractivity contribution in [2.24, 2.45) is 11.0 Å². The molecule has 150 valence electrons. The molecule has 1 fully saturated rings. The molecule has 5 rings (SSSR count). The zero-order valence-electron chi connectivity index (χ0n) is 16.2. The normalized spacial score (nSPS) is 28.5. The molecule has 3 aliphatic rings. The molecule has 0 radical (unpaired) electrons. The fourth-order valence-electron chi connectivity index (χ4n) is 4.44. The lowest BCUT2D eigenvalue weighted by molar-refractivity contribution is -0.131. The van der Waals surface area contributed by atoms with Crippen LogP contribution in [0.3, 0.4) is 0 Å². The summed E-state index contributed by atoms with van der Waals surface area (Å²) in [6.45, 7) is 3.62. The first-order chi connectivity index (χ1) is 14.1. The van der Waals surface area contributed by atoms with E-state index in [0.29, 0.717) is 31.2 Å². The number of fused-ring (bicyclic) bond motifs is 3. The number of hydrogen-bond acceptors (Lipinski definition) is 5. The lowest BCUT2D eigenvalue weighted by Crippen LogP contribution is -2.49. The summed E-state index contributed by atoms with van der Waals surface area (Å²) >= 11 is 0. The molecule has 29 heavy (non-hydrogen) atoms. The van der Waals surface area contributed by atoms with E-state index in [1.165, 1.54) is 0 Å². The average molecular weight is 410 g/mol. The molecule has 0 saturated carbocycles. The van der Waals surface area contributed by atoms with E-state index >= 15 is 0 Å². The van der Waals surface area contributed by atoms with Crippen molar-refractivity contribution in [3.63, 3.8) is 0 Å². The van der Waals surface area contributed by atoms with Crippen LogP contribution in [0, 0.1) is 5.92 Å². The molecule has 1 amide bonds. The van der Waals surface area contributed by atoms with Gasteiger partial charge in [0.25, 0.3) is 5.91 Å². The smallest absolute Gasteiger partial charge is 0.270 e. The summed E-state index contributed by atoms with van der Waals surface area (Å²) in [5.74, 6) is 0.150. The Morgan fingerprint density at radius 3 is 2.69 bits per heavy atom. The van der Waals surface area contributed by atoms with Gasteiger partial charge in [-0.3, -0.25) is 14.0 Å². The number of carbonyl (C=O) groups is 1. The molecule has 4 atom stereocenters. The largest absolute Gasteiger partial charge is 0.375 e. The predicted octanol–water partition coefficient (Wildman–Crippen LogP) is 2.59. The predicted molar refractivity (Wildman–Crippen MR) is 112 cm³/mol. The molecule has 0 spiro atoms. The molecular formula is C22H23N3O3S. The number of benzene rings is 2. The van der Waals surface area contributed by atoms with Gasteiger partial charge in [-0.1, -0.05) is 36.4 Å². The third-order valence-electron chi connectivity index (χ3n) is 5.79. The van der Waals surface area contributed by atoms with Gasteiger partial charge in [-0.2, -0.15) is 5.10 Å². The van der Waals surface area contributed by atoms with Gasteiger partial charge in [0.15, 0.2) is 0 Å².